The van der Waals surface area contributed by atoms with E-state index in [1.807, 2.05) is 0 Å². The van der Waals surface area contributed by atoms with Gasteiger partial charge in [0.1, 0.15) is 5.38 Å². The first-order valence-electron chi connectivity index (χ1n) is 5.49. The third-order valence-corrected chi connectivity index (χ3v) is 2.28. The molecular weight excluding hydrogens is 248 g/mol. The van der Waals surface area contributed by atoms with Crippen LogP contribution in [0.4, 0.5) is 0 Å². The van der Waals surface area contributed by atoms with E-state index < -0.39 is 17.3 Å². The summed E-state index contributed by atoms with van der Waals surface area (Å²) in [6.07, 6.45) is -0.206. The summed E-state index contributed by atoms with van der Waals surface area (Å²) in [6.45, 7) is 3.88. The Morgan fingerprint density at radius 3 is 2.06 bits per heavy atom. The molecule has 98 valence electrons. The van der Waals surface area contributed by atoms with Crippen molar-refractivity contribution in [2.24, 2.45) is 0 Å². The lowest BCUT2D eigenvalue weighted by Crippen LogP contribution is -2.21. The number of halogens is 1. The Labute approximate surface area is 105 Å². The van der Waals surface area contributed by atoms with Gasteiger partial charge in [-0.1, -0.05) is 0 Å². The summed E-state index contributed by atoms with van der Waals surface area (Å²) >= 11 is 5.72. The van der Waals surface area contributed by atoms with Gasteiger partial charge in [0.25, 0.3) is 0 Å². The zero-order valence-electron chi connectivity index (χ0n) is 10.0. The largest absolute Gasteiger partial charge is 0.466 e. The van der Waals surface area contributed by atoms with E-state index in [0.717, 1.165) is 0 Å². The SMILES string of the molecule is CCOC(=O)CCC(=O)C(Cl)CC(=O)OCC. The van der Waals surface area contributed by atoms with Crippen molar-refractivity contribution < 1.29 is 23.9 Å². The number of Topliss-reactive ketones (excluding diaryl/α,β-unsaturated/α-hetero) is 1. The predicted molar refractivity (Wildman–Crippen MR) is 61.8 cm³/mol. The Hall–Kier alpha value is -1.10. The molecule has 0 aromatic rings. The molecule has 0 aromatic heterocycles. The van der Waals surface area contributed by atoms with Gasteiger partial charge in [-0.25, -0.2) is 0 Å². The molecule has 0 heterocycles. The van der Waals surface area contributed by atoms with Crippen molar-refractivity contribution in [1.82, 2.24) is 0 Å². The molecule has 0 amide bonds. The number of hydrogen-bond acceptors (Lipinski definition) is 5. The van der Waals surface area contributed by atoms with Gasteiger partial charge in [-0.05, 0) is 13.8 Å². The van der Waals surface area contributed by atoms with Gasteiger partial charge >= 0.3 is 11.9 Å². The highest BCUT2D eigenvalue weighted by molar-refractivity contribution is 6.32. The molecule has 0 rings (SSSR count). The lowest BCUT2D eigenvalue weighted by atomic mass is 10.1. The Kier molecular flexibility index (Phi) is 8.40. The van der Waals surface area contributed by atoms with Crippen molar-refractivity contribution in [2.75, 3.05) is 13.2 Å². The van der Waals surface area contributed by atoms with Crippen LogP contribution in [0.3, 0.4) is 0 Å². The van der Waals surface area contributed by atoms with E-state index in [1.165, 1.54) is 0 Å². The number of ether oxygens (including phenoxy) is 2. The highest BCUT2D eigenvalue weighted by Gasteiger charge is 2.20. The van der Waals surface area contributed by atoms with Crippen LogP contribution in [0.25, 0.3) is 0 Å². The van der Waals surface area contributed by atoms with Gasteiger partial charge in [0, 0.05) is 6.42 Å². The maximum atomic E-state index is 11.4. The highest BCUT2D eigenvalue weighted by Crippen LogP contribution is 2.09. The minimum atomic E-state index is -0.941. The van der Waals surface area contributed by atoms with Crippen LogP contribution in [0.15, 0.2) is 0 Å². The molecule has 17 heavy (non-hydrogen) atoms. The van der Waals surface area contributed by atoms with Crippen LogP contribution in [0.5, 0.6) is 0 Å². The van der Waals surface area contributed by atoms with E-state index in [9.17, 15) is 14.4 Å². The van der Waals surface area contributed by atoms with Crippen molar-refractivity contribution in [1.29, 1.82) is 0 Å². The van der Waals surface area contributed by atoms with E-state index in [-0.39, 0.29) is 38.3 Å². The molecule has 0 bridgehead atoms. The Morgan fingerprint density at radius 2 is 1.53 bits per heavy atom. The average molecular weight is 265 g/mol. The van der Waals surface area contributed by atoms with Crippen LogP contribution in [-0.4, -0.2) is 36.3 Å². The first-order chi connectivity index (χ1) is 8.01. The number of carbonyl (C=O) groups is 3. The number of alkyl halides is 1. The number of hydrogen-bond donors (Lipinski definition) is 0. The number of carbonyl (C=O) groups excluding carboxylic acids is 3. The molecule has 1 atom stereocenters. The summed E-state index contributed by atoms with van der Waals surface area (Å²) in [4.78, 5) is 33.5. The number of ketones is 1. The zero-order chi connectivity index (χ0) is 13.3. The summed E-state index contributed by atoms with van der Waals surface area (Å²) in [5.74, 6) is -1.31. The normalized spacial score (nSPS) is 11.7. The zero-order valence-corrected chi connectivity index (χ0v) is 10.8. The average Bonchev–Trinajstić information content (AvgIpc) is 2.26. The van der Waals surface area contributed by atoms with E-state index in [1.54, 1.807) is 13.8 Å². The Balaban J connectivity index is 3.89. The summed E-state index contributed by atoms with van der Waals surface area (Å²) in [5, 5.41) is -0.941. The molecule has 0 aliphatic carbocycles. The van der Waals surface area contributed by atoms with Gasteiger partial charge in [-0.2, -0.15) is 0 Å². The number of rotatable bonds is 8. The van der Waals surface area contributed by atoms with Crippen molar-refractivity contribution >= 4 is 29.3 Å². The van der Waals surface area contributed by atoms with Crippen LogP contribution in [0, 0.1) is 0 Å². The molecule has 1 unspecified atom stereocenters. The summed E-state index contributed by atoms with van der Waals surface area (Å²) in [7, 11) is 0. The maximum Gasteiger partial charge on any atom is 0.307 e. The minimum absolute atomic E-state index is 0.0152. The molecule has 5 nitrogen and oxygen atoms in total. The van der Waals surface area contributed by atoms with Crippen molar-refractivity contribution in [3.05, 3.63) is 0 Å². The fourth-order valence-electron chi connectivity index (χ4n) is 1.10. The molecule has 0 aliphatic heterocycles. The first kappa shape index (κ1) is 15.9. The van der Waals surface area contributed by atoms with E-state index in [4.69, 9.17) is 11.6 Å². The molecule has 0 saturated heterocycles. The van der Waals surface area contributed by atoms with Gasteiger partial charge < -0.3 is 9.47 Å². The van der Waals surface area contributed by atoms with Crippen molar-refractivity contribution in [3.63, 3.8) is 0 Å². The second-order valence-electron chi connectivity index (χ2n) is 3.25. The smallest absolute Gasteiger partial charge is 0.307 e. The third kappa shape index (κ3) is 7.74. The summed E-state index contributed by atoms with van der Waals surface area (Å²) in [6, 6.07) is 0. The van der Waals surface area contributed by atoms with E-state index >= 15 is 0 Å². The summed E-state index contributed by atoms with van der Waals surface area (Å²) in [5.41, 5.74) is 0. The fraction of sp³-hybridized carbons (Fsp3) is 0.727. The van der Waals surface area contributed by atoms with Crippen molar-refractivity contribution in [3.8, 4) is 0 Å². The van der Waals surface area contributed by atoms with E-state index in [2.05, 4.69) is 9.47 Å². The molecular formula is C11H17ClO5. The van der Waals surface area contributed by atoms with Crippen molar-refractivity contribution in [2.45, 2.75) is 38.5 Å². The van der Waals surface area contributed by atoms with E-state index in [0.29, 0.717) is 0 Å². The quantitative estimate of drug-likeness (QED) is 0.490. The molecule has 6 heteroatoms. The predicted octanol–water partition coefficient (Wildman–Crippen LogP) is 1.46. The maximum absolute atomic E-state index is 11.4. The number of esters is 2. The minimum Gasteiger partial charge on any atom is -0.466 e. The second-order valence-corrected chi connectivity index (χ2v) is 3.77. The molecule has 0 saturated carbocycles. The second kappa shape index (κ2) is 8.98. The third-order valence-electron chi connectivity index (χ3n) is 1.88. The van der Waals surface area contributed by atoms with Crippen LogP contribution in [0.1, 0.15) is 33.1 Å². The molecule has 0 aliphatic rings. The fourth-order valence-corrected chi connectivity index (χ4v) is 1.33. The Bertz CT molecular complexity index is 277. The monoisotopic (exact) mass is 264 g/mol. The highest BCUT2D eigenvalue weighted by atomic mass is 35.5. The van der Waals surface area contributed by atoms with Gasteiger partial charge in [0.05, 0.1) is 26.1 Å². The van der Waals surface area contributed by atoms with Crippen LogP contribution in [0.2, 0.25) is 0 Å². The standard InChI is InChI=1S/C11H17ClO5/c1-3-16-10(14)6-5-9(13)8(12)7-11(15)17-4-2/h8H,3-7H2,1-2H3. The lowest BCUT2D eigenvalue weighted by Gasteiger charge is -2.07. The van der Waals surface area contributed by atoms with Gasteiger partial charge in [0.2, 0.25) is 0 Å². The van der Waals surface area contributed by atoms with Crippen LogP contribution >= 0.6 is 11.6 Å². The molecule has 0 spiro atoms. The van der Waals surface area contributed by atoms with Crippen LogP contribution in [-0.2, 0) is 23.9 Å². The molecule has 0 radical (unpaired) electrons. The van der Waals surface area contributed by atoms with Gasteiger partial charge in [0.15, 0.2) is 5.78 Å². The van der Waals surface area contributed by atoms with Gasteiger partial charge in [-0.15, -0.1) is 11.6 Å². The molecule has 0 N–H and O–H groups in total. The topological polar surface area (TPSA) is 69.7 Å². The lowest BCUT2D eigenvalue weighted by molar-refractivity contribution is -0.144. The van der Waals surface area contributed by atoms with Crippen LogP contribution < -0.4 is 0 Å². The molecule has 0 aromatic carbocycles. The van der Waals surface area contributed by atoms with Gasteiger partial charge in [-0.3, -0.25) is 14.4 Å². The first-order valence-corrected chi connectivity index (χ1v) is 5.92. The summed E-state index contributed by atoms with van der Waals surface area (Å²) < 4.78 is 9.33. The Morgan fingerprint density at radius 1 is 1.00 bits per heavy atom. The molecule has 0 fully saturated rings.